The summed E-state index contributed by atoms with van der Waals surface area (Å²) in [6, 6.07) is 3.51. The van der Waals surface area contributed by atoms with E-state index in [1.54, 1.807) is 0 Å². The van der Waals surface area contributed by atoms with Gasteiger partial charge in [-0.3, -0.25) is 0 Å². The van der Waals surface area contributed by atoms with E-state index < -0.39 is 6.61 Å². The highest BCUT2D eigenvalue weighted by atomic mass is 35.5. The van der Waals surface area contributed by atoms with Gasteiger partial charge >= 0.3 is 6.61 Å². The van der Waals surface area contributed by atoms with Gasteiger partial charge in [0.15, 0.2) is 5.75 Å². The van der Waals surface area contributed by atoms with Crippen LogP contribution in [0, 0.1) is 0 Å². The largest absolute Gasteiger partial charge is 0.432 e. The molecule has 0 aliphatic heterocycles. The highest BCUT2D eigenvalue weighted by Gasteiger charge is 2.26. The number of ether oxygens (including phenoxy) is 1. The molecule has 1 aromatic carbocycles. The van der Waals surface area contributed by atoms with Gasteiger partial charge in [-0.15, -0.1) is 0 Å². The van der Waals surface area contributed by atoms with E-state index in [0.29, 0.717) is 5.69 Å². The Morgan fingerprint density at radius 1 is 1.28 bits per heavy atom. The van der Waals surface area contributed by atoms with Gasteiger partial charge in [0.25, 0.3) is 0 Å². The molecule has 0 bridgehead atoms. The summed E-state index contributed by atoms with van der Waals surface area (Å²) in [4.78, 5) is 0. The fourth-order valence-electron chi connectivity index (χ4n) is 1.86. The van der Waals surface area contributed by atoms with E-state index in [-0.39, 0.29) is 27.9 Å². The highest BCUT2D eigenvalue weighted by Crippen LogP contribution is 2.37. The maximum atomic E-state index is 12.1. The van der Waals surface area contributed by atoms with Crippen LogP contribution in [0.1, 0.15) is 12.8 Å². The second kappa shape index (κ2) is 5.47. The van der Waals surface area contributed by atoms with Gasteiger partial charge in [0, 0.05) is 17.8 Å². The Bertz CT molecular complexity index is 416. The molecule has 1 aliphatic rings. The van der Waals surface area contributed by atoms with Crippen molar-refractivity contribution in [2.24, 2.45) is 5.73 Å². The Kier molecular flexibility index (Phi) is 4.14. The van der Waals surface area contributed by atoms with Gasteiger partial charge in [-0.05, 0) is 25.0 Å². The molecule has 3 N–H and O–H groups in total. The first kappa shape index (κ1) is 13.6. The number of benzene rings is 1. The van der Waals surface area contributed by atoms with E-state index >= 15 is 0 Å². The van der Waals surface area contributed by atoms with Crippen LogP contribution in [-0.2, 0) is 0 Å². The maximum absolute atomic E-state index is 12.1. The molecule has 2 rings (SSSR count). The number of rotatable bonds is 4. The number of alkyl halides is 2. The molecule has 1 saturated carbocycles. The molecule has 0 atom stereocenters. The van der Waals surface area contributed by atoms with Crippen molar-refractivity contribution in [1.82, 2.24) is 0 Å². The van der Waals surface area contributed by atoms with E-state index in [4.69, 9.17) is 28.9 Å². The van der Waals surface area contributed by atoms with Crippen LogP contribution in [0.2, 0.25) is 10.0 Å². The minimum Gasteiger partial charge on any atom is -0.432 e. The molecule has 0 unspecified atom stereocenters. The van der Waals surface area contributed by atoms with Crippen molar-refractivity contribution in [1.29, 1.82) is 0 Å². The van der Waals surface area contributed by atoms with Crippen LogP contribution in [-0.4, -0.2) is 18.7 Å². The van der Waals surface area contributed by atoms with Crippen molar-refractivity contribution in [3.05, 3.63) is 22.2 Å². The standard InChI is InChI=1S/C11H12Cl2F2N2O/c12-8-3-7(17-6-1-5(16)2-6)4-9(13)10(8)18-11(14)15/h3-6,11,17H,1-2,16H2. The fourth-order valence-corrected chi connectivity index (χ4v) is 2.44. The lowest BCUT2D eigenvalue weighted by Crippen LogP contribution is -2.44. The normalized spacial score (nSPS) is 22.8. The molecular formula is C11H12Cl2F2N2O. The molecule has 0 aromatic heterocycles. The van der Waals surface area contributed by atoms with Crippen LogP contribution in [0.3, 0.4) is 0 Å². The zero-order valence-electron chi connectivity index (χ0n) is 9.30. The monoisotopic (exact) mass is 296 g/mol. The summed E-state index contributed by atoms with van der Waals surface area (Å²) in [6.07, 6.45) is 1.73. The summed E-state index contributed by atoms with van der Waals surface area (Å²) >= 11 is 11.7. The number of nitrogens with two attached hydrogens (primary N) is 1. The van der Waals surface area contributed by atoms with Gasteiger partial charge < -0.3 is 15.8 Å². The predicted molar refractivity (Wildman–Crippen MR) is 67.7 cm³/mol. The van der Waals surface area contributed by atoms with Gasteiger partial charge in [0.2, 0.25) is 0 Å². The van der Waals surface area contributed by atoms with Crippen LogP contribution in [0.25, 0.3) is 0 Å². The first-order chi connectivity index (χ1) is 8.45. The summed E-state index contributed by atoms with van der Waals surface area (Å²) in [7, 11) is 0. The lowest BCUT2D eigenvalue weighted by atomic mass is 9.87. The number of halogens is 4. The summed E-state index contributed by atoms with van der Waals surface area (Å²) in [5, 5.41) is 3.28. The third kappa shape index (κ3) is 3.16. The first-order valence-corrected chi connectivity index (χ1v) is 6.17. The van der Waals surface area contributed by atoms with E-state index in [1.807, 2.05) is 0 Å². The molecule has 1 aromatic rings. The second-order valence-corrected chi connectivity index (χ2v) is 5.03. The quantitative estimate of drug-likeness (QED) is 0.894. The van der Waals surface area contributed by atoms with Gasteiger partial charge in [0.1, 0.15) is 0 Å². The molecule has 0 saturated heterocycles. The predicted octanol–water partition coefficient (Wildman–Crippen LogP) is 3.50. The van der Waals surface area contributed by atoms with Crippen molar-refractivity contribution >= 4 is 28.9 Å². The number of anilines is 1. The summed E-state index contributed by atoms with van der Waals surface area (Å²) in [5.74, 6) is -0.204. The Hall–Kier alpha value is -0.780. The molecule has 0 amide bonds. The molecule has 1 fully saturated rings. The molecule has 18 heavy (non-hydrogen) atoms. The molecule has 0 heterocycles. The van der Waals surface area contributed by atoms with E-state index in [9.17, 15) is 8.78 Å². The maximum Gasteiger partial charge on any atom is 0.387 e. The van der Waals surface area contributed by atoms with Crippen LogP contribution in [0.5, 0.6) is 5.75 Å². The molecule has 0 radical (unpaired) electrons. The summed E-state index contributed by atoms with van der Waals surface area (Å²) < 4.78 is 28.5. The highest BCUT2D eigenvalue weighted by molar-refractivity contribution is 6.37. The zero-order valence-corrected chi connectivity index (χ0v) is 10.8. The Labute approximate surface area is 113 Å². The number of nitrogens with one attached hydrogen (secondary N) is 1. The molecule has 3 nitrogen and oxygen atoms in total. The minimum atomic E-state index is -2.96. The van der Waals surface area contributed by atoms with E-state index in [1.165, 1.54) is 12.1 Å². The topological polar surface area (TPSA) is 47.3 Å². The first-order valence-electron chi connectivity index (χ1n) is 5.41. The van der Waals surface area contributed by atoms with Crippen molar-refractivity contribution in [2.45, 2.75) is 31.5 Å². The third-order valence-electron chi connectivity index (χ3n) is 2.75. The molecular weight excluding hydrogens is 285 g/mol. The van der Waals surface area contributed by atoms with Crippen molar-refractivity contribution in [3.63, 3.8) is 0 Å². The molecule has 100 valence electrons. The van der Waals surface area contributed by atoms with Crippen molar-refractivity contribution in [3.8, 4) is 5.75 Å². The van der Waals surface area contributed by atoms with Crippen LogP contribution in [0.4, 0.5) is 14.5 Å². The summed E-state index contributed by atoms with van der Waals surface area (Å²) in [6.45, 7) is -2.96. The smallest absolute Gasteiger partial charge is 0.387 e. The van der Waals surface area contributed by atoms with Crippen molar-refractivity contribution < 1.29 is 13.5 Å². The van der Waals surface area contributed by atoms with Crippen molar-refractivity contribution in [2.75, 3.05) is 5.32 Å². The third-order valence-corrected chi connectivity index (χ3v) is 3.31. The number of hydrogen-bond acceptors (Lipinski definition) is 3. The second-order valence-electron chi connectivity index (χ2n) is 4.22. The van der Waals surface area contributed by atoms with E-state index in [0.717, 1.165) is 12.8 Å². The SMILES string of the molecule is NC1CC(Nc2cc(Cl)c(OC(F)F)c(Cl)c2)C1. The molecule has 1 aliphatic carbocycles. The average molecular weight is 297 g/mol. The zero-order chi connectivity index (χ0) is 13.3. The van der Waals surface area contributed by atoms with Crippen LogP contribution < -0.4 is 15.8 Å². The van der Waals surface area contributed by atoms with Crippen LogP contribution in [0.15, 0.2) is 12.1 Å². The van der Waals surface area contributed by atoms with Gasteiger partial charge in [-0.1, -0.05) is 23.2 Å². The Morgan fingerprint density at radius 3 is 2.28 bits per heavy atom. The fraction of sp³-hybridized carbons (Fsp3) is 0.455. The van der Waals surface area contributed by atoms with E-state index in [2.05, 4.69) is 10.1 Å². The number of hydrogen-bond donors (Lipinski definition) is 2. The summed E-state index contributed by atoms with van der Waals surface area (Å²) in [5.41, 5.74) is 6.34. The van der Waals surface area contributed by atoms with Gasteiger partial charge in [-0.25, -0.2) is 0 Å². The Balaban J connectivity index is 2.09. The molecule has 0 spiro atoms. The lowest BCUT2D eigenvalue weighted by molar-refractivity contribution is -0.0497. The Morgan fingerprint density at radius 2 is 1.83 bits per heavy atom. The average Bonchev–Trinajstić information content (AvgIpc) is 2.21. The van der Waals surface area contributed by atoms with Crippen LogP contribution >= 0.6 is 23.2 Å². The minimum absolute atomic E-state index is 0.0499. The lowest BCUT2D eigenvalue weighted by Gasteiger charge is -2.34. The molecule has 7 heteroatoms. The van der Waals surface area contributed by atoms with Gasteiger partial charge in [0.05, 0.1) is 10.0 Å². The van der Waals surface area contributed by atoms with Gasteiger partial charge in [-0.2, -0.15) is 8.78 Å².